The van der Waals surface area contributed by atoms with Gasteiger partial charge in [0.2, 0.25) is 0 Å². The third-order valence-corrected chi connectivity index (χ3v) is 5.21. The first-order chi connectivity index (χ1) is 13.3. The lowest BCUT2D eigenvalue weighted by atomic mass is 9.92. The van der Waals surface area contributed by atoms with Gasteiger partial charge in [0.05, 0.1) is 18.1 Å². The highest BCUT2D eigenvalue weighted by Crippen LogP contribution is 2.33. The average Bonchev–Trinajstić information content (AvgIpc) is 2.78. The first kappa shape index (κ1) is 22.4. The van der Waals surface area contributed by atoms with Crippen molar-refractivity contribution >= 4 is 6.21 Å². The fourth-order valence-electron chi connectivity index (χ4n) is 3.24. The second kappa shape index (κ2) is 10.6. The number of hydrogen-bond acceptors (Lipinski definition) is 4. The summed E-state index contributed by atoms with van der Waals surface area (Å²) in [4.78, 5) is 4.77. The predicted octanol–water partition coefficient (Wildman–Crippen LogP) is 6.05. The van der Waals surface area contributed by atoms with Crippen LogP contribution in [0.25, 0.3) is 0 Å². The number of ether oxygens (including phenoxy) is 2. The van der Waals surface area contributed by atoms with E-state index in [1.807, 2.05) is 19.9 Å². The van der Waals surface area contributed by atoms with E-state index in [9.17, 15) is 5.11 Å². The van der Waals surface area contributed by atoms with Crippen LogP contribution in [0.3, 0.4) is 0 Å². The van der Waals surface area contributed by atoms with E-state index >= 15 is 0 Å². The lowest BCUT2D eigenvalue weighted by Crippen LogP contribution is -2.24. The Bertz CT molecular complexity index is 703. The molecule has 0 radical (unpaired) electrons. The lowest BCUT2D eigenvalue weighted by Gasteiger charge is -2.25. The molecule has 0 aromatic heterocycles. The highest BCUT2D eigenvalue weighted by Gasteiger charge is 2.22. The summed E-state index contributed by atoms with van der Waals surface area (Å²) in [5, 5.41) is 10.2. The Balaban J connectivity index is 2.38. The third kappa shape index (κ3) is 6.32. The molecule has 1 aliphatic carbocycles. The van der Waals surface area contributed by atoms with Gasteiger partial charge < -0.3 is 14.6 Å². The van der Waals surface area contributed by atoms with E-state index in [-0.39, 0.29) is 18.1 Å². The maximum atomic E-state index is 10.2. The molecule has 0 aromatic rings. The van der Waals surface area contributed by atoms with Gasteiger partial charge in [-0.05, 0) is 61.3 Å². The molecule has 0 saturated carbocycles. The minimum absolute atomic E-state index is 0.0606. The number of hydrogen-bond donors (Lipinski definition) is 1. The molecule has 0 amide bonds. The molecule has 4 nitrogen and oxygen atoms in total. The van der Waals surface area contributed by atoms with E-state index < -0.39 is 0 Å². The molecule has 1 saturated heterocycles. The van der Waals surface area contributed by atoms with Crippen molar-refractivity contribution in [2.24, 2.45) is 16.8 Å². The molecule has 2 rings (SSSR count). The zero-order chi connectivity index (χ0) is 20.7. The van der Waals surface area contributed by atoms with E-state index in [0.29, 0.717) is 18.8 Å². The Kier molecular flexibility index (Phi) is 8.46. The van der Waals surface area contributed by atoms with Gasteiger partial charge in [0, 0.05) is 18.7 Å². The van der Waals surface area contributed by atoms with Gasteiger partial charge in [0.15, 0.2) is 6.29 Å². The molecule has 1 heterocycles. The van der Waals surface area contributed by atoms with Gasteiger partial charge in [-0.1, -0.05) is 45.6 Å². The highest BCUT2D eigenvalue weighted by molar-refractivity contribution is 5.78. The number of aliphatic imine (C=N–C) groups is 1. The minimum Gasteiger partial charge on any atom is -0.512 e. The smallest absolute Gasteiger partial charge is 0.158 e. The third-order valence-electron chi connectivity index (χ3n) is 5.21. The summed E-state index contributed by atoms with van der Waals surface area (Å²) in [7, 11) is 0. The molecule has 0 spiro atoms. The van der Waals surface area contributed by atoms with E-state index in [2.05, 4.69) is 27.0 Å². The van der Waals surface area contributed by atoms with E-state index in [0.717, 1.165) is 53.9 Å². The molecule has 1 fully saturated rings. The molecular weight excluding hydrogens is 350 g/mol. The maximum absolute atomic E-state index is 10.2. The SMILES string of the molecule is C=C(C)C=N/C(C1=CC=C(O)C(C)C(=C)C1)=C(/COC1CCCCO1)C(C)C. The Morgan fingerprint density at radius 2 is 2.14 bits per heavy atom. The largest absolute Gasteiger partial charge is 0.512 e. The van der Waals surface area contributed by atoms with E-state index in [1.54, 1.807) is 12.3 Å². The average molecular weight is 386 g/mol. The van der Waals surface area contributed by atoms with Crippen molar-refractivity contribution < 1.29 is 14.6 Å². The number of aliphatic hydroxyl groups is 1. The Labute approximate surface area is 170 Å². The van der Waals surface area contributed by atoms with Crippen LogP contribution in [0.5, 0.6) is 0 Å². The van der Waals surface area contributed by atoms with Gasteiger partial charge in [-0.25, -0.2) is 0 Å². The number of nitrogens with zero attached hydrogens (tertiary/aromatic N) is 1. The Hall–Kier alpha value is -1.91. The normalized spacial score (nSPS) is 24.7. The molecule has 0 aromatic carbocycles. The summed E-state index contributed by atoms with van der Waals surface area (Å²) < 4.78 is 11.8. The monoisotopic (exact) mass is 385 g/mol. The minimum atomic E-state index is -0.143. The van der Waals surface area contributed by atoms with Gasteiger partial charge in [-0.2, -0.15) is 0 Å². The number of allylic oxidation sites excluding steroid dienone is 5. The van der Waals surface area contributed by atoms with Crippen molar-refractivity contribution in [2.75, 3.05) is 13.2 Å². The van der Waals surface area contributed by atoms with Crippen molar-refractivity contribution in [3.05, 3.63) is 59.1 Å². The van der Waals surface area contributed by atoms with Crippen LogP contribution in [0.1, 0.15) is 53.4 Å². The molecule has 2 aliphatic rings. The summed E-state index contributed by atoms with van der Waals surface area (Å²) >= 11 is 0. The zero-order valence-electron chi connectivity index (χ0n) is 17.8. The van der Waals surface area contributed by atoms with Crippen LogP contribution in [-0.4, -0.2) is 30.8 Å². The standard InChI is InChI=1S/C24H35NO3/c1-16(2)14-25-24(20-10-11-22(26)19(6)18(5)13-20)21(17(3)4)15-28-23-9-7-8-12-27-23/h10-11,14,17,19,23,26H,1,5,7-9,12-13,15H2,2-4,6H3/b24-21-,25-14?. The Morgan fingerprint density at radius 1 is 1.39 bits per heavy atom. The summed E-state index contributed by atoms with van der Waals surface area (Å²) in [5.41, 5.74) is 4.91. The van der Waals surface area contributed by atoms with Crippen molar-refractivity contribution in [3.63, 3.8) is 0 Å². The molecule has 154 valence electrons. The molecule has 2 unspecified atom stereocenters. The van der Waals surface area contributed by atoms with Crippen LogP contribution < -0.4 is 0 Å². The Morgan fingerprint density at radius 3 is 2.75 bits per heavy atom. The molecule has 1 aliphatic heterocycles. The van der Waals surface area contributed by atoms with Gasteiger partial charge in [-0.15, -0.1) is 0 Å². The first-order valence-electron chi connectivity index (χ1n) is 10.2. The van der Waals surface area contributed by atoms with Gasteiger partial charge in [0.1, 0.15) is 0 Å². The molecular formula is C24H35NO3. The van der Waals surface area contributed by atoms with Crippen molar-refractivity contribution in [2.45, 2.75) is 59.7 Å². The van der Waals surface area contributed by atoms with Crippen LogP contribution in [0.2, 0.25) is 0 Å². The summed E-state index contributed by atoms with van der Waals surface area (Å²) in [6.45, 7) is 17.5. The number of aliphatic hydroxyl groups excluding tert-OH is 1. The molecule has 4 heteroatoms. The zero-order valence-corrected chi connectivity index (χ0v) is 17.8. The summed E-state index contributed by atoms with van der Waals surface area (Å²) in [5.74, 6) is 0.531. The van der Waals surface area contributed by atoms with Crippen LogP contribution in [0, 0.1) is 11.8 Å². The number of rotatable bonds is 7. The van der Waals surface area contributed by atoms with Gasteiger partial charge >= 0.3 is 0 Å². The highest BCUT2D eigenvalue weighted by atomic mass is 16.7. The molecule has 2 atom stereocenters. The summed E-state index contributed by atoms with van der Waals surface area (Å²) in [6.07, 6.45) is 9.20. The van der Waals surface area contributed by atoms with Crippen molar-refractivity contribution in [3.8, 4) is 0 Å². The van der Waals surface area contributed by atoms with Gasteiger partial charge in [-0.3, -0.25) is 4.99 Å². The predicted molar refractivity (Wildman–Crippen MR) is 116 cm³/mol. The lowest BCUT2D eigenvalue weighted by molar-refractivity contribution is -0.157. The summed E-state index contributed by atoms with van der Waals surface area (Å²) in [6, 6.07) is 0. The molecule has 28 heavy (non-hydrogen) atoms. The quantitative estimate of drug-likeness (QED) is 0.429. The van der Waals surface area contributed by atoms with Gasteiger partial charge in [0.25, 0.3) is 0 Å². The van der Waals surface area contributed by atoms with Crippen LogP contribution >= 0.6 is 0 Å². The van der Waals surface area contributed by atoms with Crippen molar-refractivity contribution in [1.29, 1.82) is 0 Å². The fourth-order valence-corrected chi connectivity index (χ4v) is 3.24. The maximum Gasteiger partial charge on any atom is 0.158 e. The van der Waals surface area contributed by atoms with Crippen LogP contribution in [-0.2, 0) is 9.47 Å². The fraction of sp³-hybridized carbons (Fsp3) is 0.542. The first-order valence-corrected chi connectivity index (χ1v) is 10.2. The van der Waals surface area contributed by atoms with Crippen LogP contribution in [0.15, 0.2) is 64.1 Å². The topological polar surface area (TPSA) is 51.1 Å². The molecule has 0 bridgehead atoms. The van der Waals surface area contributed by atoms with Crippen molar-refractivity contribution in [1.82, 2.24) is 0 Å². The van der Waals surface area contributed by atoms with E-state index in [4.69, 9.17) is 14.5 Å². The molecule has 1 N–H and O–H groups in total. The van der Waals surface area contributed by atoms with E-state index in [1.165, 1.54) is 0 Å². The van der Waals surface area contributed by atoms with Crippen LogP contribution in [0.4, 0.5) is 0 Å². The second-order valence-corrected chi connectivity index (χ2v) is 8.08. The second-order valence-electron chi connectivity index (χ2n) is 8.08.